The van der Waals surface area contributed by atoms with Crippen LogP contribution in [0.1, 0.15) is 32.6 Å². The fraction of sp³-hybridized carbons (Fsp3) is 0.846. The molecule has 2 aliphatic rings. The zero-order valence-corrected chi connectivity index (χ0v) is 11.7. The number of carbonyl (C=O) groups is 1. The highest BCUT2D eigenvalue weighted by atomic mass is 16.4. The number of hydrogen-bond acceptors (Lipinski definition) is 4. The Balaban J connectivity index is 2.07. The van der Waals surface area contributed by atoms with E-state index in [1.807, 2.05) is 14.0 Å². The van der Waals surface area contributed by atoms with Gasteiger partial charge in [0.05, 0.1) is 0 Å². The summed E-state index contributed by atoms with van der Waals surface area (Å²) in [6.45, 7) is 3.62. The molecule has 1 amide bonds. The first kappa shape index (κ1) is 14.1. The maximum Gasteiger partial charge on any atom is 0.223 e. The van der Waals surface area contributed by atoms with Gasteiger partial charge in [-0.3, -0.25) is 4.79 Å². The minimum Gasteiger partial charge on any atom is -0.409 e. The molecule has 19 heavy (non-hydrogen) atoms. The monoisotopic (exact) mass is 268 g/mol. The third-order valence-electron chi connectivity index (χ3n) is 4.54. The molecule has 1 unspecified atom stereocenters. The highest BCUT2D eigenvalue weighted by molar-refractivity contribution is 5.94. The van der Waals surface area contributed by atoms with E-state index >= 15 is 0 Å². The lowest BCUT2D eigenvalue weighted by molar-refractivity contribution is -0.126. The van der Waals surface area contributed by atoms with Crippen molar-refractivity contribution in [3.63, 3.8) is 0 Å². The Labute approximate surface area is 114 Å². The number of likely N-dealkylation sites (tertiary alicyclic amines) is 1. The van der Waals surface area contributed by atoms with Crippen molar-refractivity contribution >= 4 is 11.7 Å². The van der Waals surface area contributed by atoms with Crippen LogP contribution >= 0.6 is 0 Å². The van der Waals surface area contributed by atoms with Crippen LogP contribution in [0.15, 0.2) is 5.16 Å². The van der Waals surface area contributed by atoms with Crippen molar-refractivity contribution in [3.05, 3.63) is 0 Å². The Hall–Kier alpha value is -1.30. The molecule has 2 rings (SSSR count). The molecule has 1 atom stereocenters. The lowest BCUT2D eigenvalue weighted by Gasteiger charge is -2.40. The molecule has 1 heterocycles. The molecule has 1 aliphatic heterocycles. The number of amidine groups is 1. The summed E-state index contributed by atoms with van der Waals surface area (Å²) in [5, 5.41) is 15.2. The van der Waals surface area contributed by atoms with Crippen LogP contribution in [0.25, 0.3) is 0 Å². The molecule has 6 heteroatoms. The van der Waals surface area contributed by atoms with Gasteiger partial charge in [0.1, 0.15) is 5.54 Å². The predicted molar refractivity (Wildman–Crippen MR) is 72.9 cm³/mol. The first-order chi connectivity index (χ1) is 8.98. The molecule has 4 N–H and O–H groups in total. The SMILES string of the molecule is CC(C(=O)NC1(C(N)=NO)CCN(C)CC1)C1CC1. The van der Waals surface area contributed by atoms with Crippen LogP contribution < -0.4 is 11.1 Å². The Morgan fingerprint density at radius 2 is 2.05 bits per heavy atom. The summed E-state index contributed by atoms with van der Waals surface area (Å²) >= 11 is 0. The van der Waals surface area contributed by atoms with E-state index in [9.17, 15) is 4.79 Å². The van der Waals surface area contributed by atoms with Crippen LogP contribution in [0.2, 0.25) is 0 Å². The van der Waals surface area contributed by atoms with E-state index in [0.717, 1.165) is 25.9 Å². The van der Waals surface area contributed by atoms with Crippen molar-refractivity contribution in [3.8, 4) is 0 Å². The fourth-order valence-corrected chi connectivity index (χ4v) is 2.70. The number of amides is 1. The van der Waals surface area contributed by atoms with Gasteiger partial charge in [-0.05, 0) is 38.6 Å². The lowest BCUT2D eigenvalue weighted by Crippen LogP contribution is -2.62. The average Bonchev–Trinajstić information content (AvgIpc) is 3.24. The predicted octanol–water partition coefficient (Wildman–Crippen LogP) is 0.360. The molecule has 6 nitrogen and oxygen atoms in total. The maximum atomic E-state index is 12.3. The summed E-state index contributed by atoms with van der Waals surface area (Å²) < 4.78 is 0. The molecule has 108 valence electrons. The largest absolute Gasteiger partial charge is 0.409 e. The summed E-state index contributed by atoms with van der Waals surface area (Å²) in [6, 6.07) is 0. The van der Waals surface area contributed by atoms with E-state index in [1.165, 1.54) is 0 Å². The van der Waals surface area contributed by atoms with Crippen LogP contribution in [-0.2, 0) is 4.79 Å². The molecule has 0 radical (unpaired) electrons. The Kier molecular flexibility index (Phi) is 3.99. The van der Waals surface area contributed by atoms with Crippen molar-refractivity contribution in [2.24, 2.45) is 22.7 Å². The molecule has 0 aromatic rings. The van der Waals surface area contributed by atoms with Gasteiger partial charge < -0.3 is 21.2 Å². The fourth-order valence-electron chi connectivity index (χ4n) is 2.70. The number of carbonyl (C=O) groups excluding carboxylic acids is 1. The third kappa shape index (κ3) is 3.00. The van der Waals surface area contributed by atoms with Crippen molar-refractivity contribution < 1.29 is 10.0 Å². The molecule has 1 saturated heterocycles. The van der Waals surface area contributed by atoms with Gasteiger partial charge >= 0.3 is 0 Å². The first-order valence-corrected chi connectivity index (χ1v) is 6.97. The van der Waals surface area contributed by atoms with Gasteiger partial charge in [-0.1, -0.05) is 12.1 Å². The van der Waals surface area contributed by atoms with Crippen molar-refractivity contribution in [1.82, 2.24) is 10.2 Å². The molecular formula is C13H24N4O2. The van der Waals surface area contributed by atoms with E-state index < -0.39 is 5.54 Å². The molecule has 2 fully saturated rings. The molecular weight excluding hydrogens is 244 g/mol. The lowest BCUT2D eigenvalue weighted by atomic mass is 9.85. The smallest absolute Gasteiger partial charge is 0.223 e. The van der Waals surface area contributed by atoms with Crippen LogP contribution in [0.5, 0.6) is 0 Å². The Morgan fingerprint density at radius 3 is 2.53 bits per heavy atom. The average molecular weight is 268 g/mol. The number of piperidine rings is 1. The van der Waals surface area contributed by atoms with Gasteiger partial charge in [0.2, 0.25) is 5.91 Å². The van der Waals surface area contributed by atoms with Gasteiger partial charge in [0, 0.05) is 19.0 Å². The minimum atomic E-state index is -0.679. The molecule has 1 aliphatic carbocycles. The zero-order chi connectivity index (χ0) is 14.0. The van der Waals surface area contributed by atoms with Crippen molar-refractivity contribution in [1.29, 1.82) is 0 Å². The second-order valence-electron chi connectivity index (χ2n) is 5.99. The van der Waals surface area contributed by atoms with E-state index in [1.54, 1.807) is 0 Å². The molecule has 0 spiro atoms. The topological polar surface area (TPSA) is 91.0 Å². The van der Waals surface area contributed by atoms with Crippen LogP contribution in [0.4, 0.5) is 0 Å². The first-order valence-electron chi connectivity index (χ1n) is 6.97. The summed E-state index contributed by atoms with van der Waals surface area (Å²) in [5.41, 5.74) is 5.16. The quantitative estimate of drug-likeness (QED) is 0.297. The van der Waals surface area contributed by atoms with Crippen molar-refractivity contribution in [2.75, 3.05) is 20.1 Å². The number of nitrogens with one attached hydrogen (secondary N) is 1. The van der Waals surface area contributed by atoms with Crippen LogP contribution in [0.3, 0.4) is 0 Å². The highest BCUT2D eigenvalue weighted by Crippen LogP contribution is 2.37. The number of nitrogens with zero attached hydrogens (tertiary/aromatic N) is 2. The Bertz CT molecular complexity index is 371. The van der Waals surface area contributed by atoms with E-state index in [0.29, 0.717) is 18.8 Å². The second kappa shape index (κ2) is 5.36. The van der Waals surface area contributed by atoms with Crippen molar-refractivity contribution in [2.45, 2.75) is 38.1 Å². The van der Waals surface area contributed by atoms with Gasteiger partial charge in [-0.25, -0.2) is 0 Å². The van der Waals surface area contributed by atoms with E-state index in [4.69, 9.17) is 10.9 Å². The molecule has 0 aromatic heterocycles. The van der Waals surface area contributed by atoms with Gasteiger partial charge in [0.25, 0.3) is 0 Å². The van der Waals surface area contributed by atoms with E-state index in [2.05, 4.69) is 15.4 Å². The number of hydrogen-bond donors (Lipinski definition) is 3. The summed E-state index contributed by atoms with van der Waals surface area (Å²) in [6.07, 6.45) is 3.63. The number of oxime groups is 1. The standard InChI is InChI=1S/C13H24N4O2/c1-9(10-3-4-10)11(18)15-13(12(14)16-19)5-7-17(2)8-6-13/h9-10,19H,3-8H2,1-2H3,(H2,14,16)(H,15,18). The number of rotatable bonds is 4. The highest BCUT2D eigenvalue weighted by Gasteiger charge is 2.42. The third-order valence-corrected chi connectivity index (χ3v) is 4.54. The minimum absolute atomic E-state index is 0.0167. The second-order valence-corrected chi connectivity index (χ2v) is 5.99. The summed E-state index contributed by atoms with van der Waals surface area (Å²) in [5.74, 6) is 0.675. The molecule has 1 saturated carbocycles. The van der Waals surface area contributed by atoms with Gasteiger partial charge in [-0.15, -0.1) is 0 Å². The summed E-state index contributed by atoms with van der Waals surface area (Å²) in [4.78, 5) is 14.5. The van der Waals surface area contributed by atoms with Crippen LogP contribution in [-0.4, -0.2) is 47.5 Å². The van der Waals surface area contributed by atoms with E-state index in [-0.39, 0.29) is 17.7 Å². The Morgan fingerprint density at radius 1 is 1.47 bits per heavy atom. The van der Waals surface area contributed by atoms with Crippen LogP contribution in [0, 0.1) is 11.8 Å². The number of nitrogens with two attached hydrogens (primary N) is 1. The summed E-state index contributed by atoms with van der Waals surface area (Å²) in [7, 11) is 2.03. The van der Waals surface area contributed by atoms with Gasteiger partial charge in [0.15, 0.2) is 5.84 Å². The molecule has 0 bridgehead atoms. The zero-order valence-electron chi connectivity index (χ0n) is 11.7. The maximum absolute atomic E-state index is 12.3. The molecule has 0 aromatic carbocycles. The normalized spacial score (nSPS) is 25.9. The van der Waals surface area contributed by atoms with Gasteiger partial charge in [-0.2, -0.15) is 0 Å².